The minimum atomic E-state index is -1.43. The number of carbonyl (C=O) groups excluding carboxylic acids is 1. The Labute approximate surface area is 198 Å². The van der Waals surface area contributed by atoms with E-state index < -0.39 is 36.0 Å². The monoisotopic (exact) mass is 474 g/mol. The second kappa shape index (κ2) is 9.46. The summed E-state index contributed by atoms with van der Waals surface area (Å²) in [4.78, 5) is 25.0. The molecule has 0 aromatic carbocycles. The Morgan fingerprint density at radius 3 is 2.74 bits per heavy atom. The van der Waals surface area contributed by atoms with E-state index in [2.05, 4.69) is 46.0 Å². The van der Waals surface area contributed by atoms with Crippen molar-refractivity contribution in [2.45, 2.75) is 84.0 Å². The summed E-state index contributed by atoms with van der Waals surface area (Å²) in [5.41, 5.74) is 5.41. The van der Waals surface area contributed by atoms with Gasteiger partial charge in [0.1, 0.15) is 23.3 Å². The minimum Gasteiger partial charge on any atom is -0.387 e. The third kappa shape index (κ3) is 4.86. The molecule has 6 N–H and O–H groups in total. The van der Waals surface area contributed by atoms with Gasteiger partial charge in [-0.25, -0.2) is 15.0 Å². The van der Waals surface area contributed by atoms with Crippen LogP contribution in [0.25, 0.3) is 11.2 Å². The van der Waals surface area contributed by atoms with E-state index >= 15 is 0 Å². The third-order valence-corrected chi connectivity index (χ3v) is 6.19. The van der Waals surface area contributed by atoms with Gasteiger partial charge in [-0.15, -0.1) is 0 Å². The van der Waals surface area contributed by atoms with E-state index in [1.165, 1.54) is 10.9 Å². The lowest BCUT2D eigenvalue weighted by atomic mass is 9.70. The van der Waals surface area contributed by atoms with E-state index in [9.17, 15) is 20.1 Å². The molecule has 2 fully saturated rings. The number of nitrogens with one attached hydrogen (secondary N) is 1. The van der Waals surface area contributed by atoms with Crippen molar-refractivity contribution < 1.29 is 24.9 Å². The highest BCUT2D eigenvalue weighted by atomic mass is 16.6. The van der Waals surface area contributed by atoms with E-state index in [-0.39, 0.29) is 35.6 Å². The Morgan fingerprint density at radius 2 is 2.06 bits per heavy atom. The summed E-state index contributed by atoms with van der Waals surface area (Å²) in [6.45, 7) is 6.31. The molecule has 2 aliphatic rings. The molecular formula is C23H34N6O5. The fourth-order valence-corrected chi connectivity index (χ4v) is 4.67. The predicted octanol–water partition coefficient (Wildman–Crippen LogP) is 0.483. The average molecular weight is 475 g/mol. The maximum atomic E-state index is 12.2. The van der Waals surface area contributed by atoms with Gasteiger partial charge in [-0.3, -0.25) is 9.36 Å². The number of amides is 1. The smallest absolute Gasteiger partial charge is 0.252 e. The van der Waals surface area contributed by atoms with Gasteiger partial charge < -0.3 is 31.1 Å². The van der Waals surface area contributed by atoms with Crippen molar-refractivity contribution in [3.8, 4) is 11.8 Å². The molecule has 4 rings (SSSR count). The van der Waals surface area contributed by atoms with Crippen molar-refractivity contribution in [2.75, 3.05) is 12.3 Å². The number of imidazole rings is 1. The largest absolute Gasteiger partial charge is 0.387 e. The Hall–Kier alpha value is -2.78. The molecule has 0 spiro atoms. The molecule has 11 heteroatoms. The van der Waals surface area contributed by atoms with Gasteiger partial charge in [0, 0.05) is 6.54 Å². The Balaban J connectivity index is 0.00000324. The zero-order valence-electron chi connectivity index (χ0n) is 18.9. The zero-order valence-corrected chi connectivity index (χ0v) is 18.9. The van der Waals surface area contributed by atoms with Crippen LogP contribution < -0.4 is 11.1 Å². The van der Waals surface area contributed by atoms with Gasteiger partial charge in [-0.05, 0) is 43.9 Å². The standard InChI is InChI=1S/C22H30N6O5.CH4/c1-4-24-19(31)16-14(29)15(30)20(33-16)28-11-25-13-17(23)26-12(27-18(13)28)6-9-22(32)8-5-7-21(2,3)10-22;/h11,14-16,20,29-30,32H,4-5,7-8,10H2,1-3H3,(H,24,31)(H2,23,26,27);1H4/t14?,15-,16-,20+,22+;/m0./s1. The number of nitrogens with two attached hydrogens (primary N) is 1. The molecule has 5 atom stereocenters. The number of aromatic nitrogens is 4. The highest BCUT2D eigenvalue weighted by molar-refractivity contribution is 5.83. The highest BCUT2D eigenvalue weighted by Crippen LogP contribution is 2.40. The van der Waals surface area contributed by atoms with Crippen molar-refractivity contribution in [1.82, 2.24) is 24.8 Å². The first-order valence-electron chi connectivity index (χ1n) is 11.1. The number of nitrogen functional groups attached to an aromatic ring is 1. The summed E-state index contributed by atoms with van der Waals surface area (Å²) in [6.07, 6.45) is -0.820. The molecule has 34 heavy (non-hydrogen) atoms. The average Bonchev–Trinajstić information content (AvgIpc) is 3.27. The molecule has 1 aliphatic carbocycles. The van der Waals surface area contributed by atoms with Crippen molar-refractivity contribution in [2.24, 2.45) is 5.41 Å². The number of aliphatic hydroxyl groups is 3. The second-order valence-electron chi connectivity index (χ2n) is 9.56. The number of hydrogen-bond donors (Lipinski definition) is 5. The Bertz CT molecular complexity index is 1120. The van der Waals surface area contributed by atoms with Crippen LogP contribution >= 0.6 is 0 Å². The Morgan fingerprint density at radius 1 is 1.32 bits per heavy atom. The number of rotatable bonds is 3. The van der Waals surface area contributed by atoms with Crippen LogP contribution in [0.5, 0.6) is 0 Å². The third-order valence-electron chi connectivity index (χ3n) is 6.19. The van der Waals surface area contributed by atoms with Crippen LogP contribution in [-0.2, 0) is 9.53 Å². The molecule has 1 aliphatic heterocycles. The van der Waals surface area contributed by atoms with Crippen molar-refractivity contribution >= 4 is 22.9 Å². The second-order valence-corrected chi connectivity index (χ2v) is 9.56. The highest BCUT2D eigenvalue weighted by Gasteiger charge is 2.47. The number of hydrogen-bond acceptors (Lipinski definition) is 9. The number of ether oxygens (including phenoxy) is 1. The predicted molar refractivity (Wildman–Crippen MR) is 125 cm³/mol. The fraction of sp³-hybridized carbons (Fsp3) is 0.652. The van der Waals surface area contributed by atoms with E-state index in [1.54, 1.807) is 6.92 Å². The van der Waals surface area contributed by atoms with Gasteiger partial charge in [-0.2, -0.15) is 0 Å². The molecule has 11 nitrogen and oxygen atoms in total. The molecular weight excluding hydrogens is 440 g/mol. The Kier molecular flexibility index (Phi) is 7.19. The molecule has 2 aromatic heterocycles. The first-order valence-corrected chi connectivity index (χ1v) is 11.1. The normalized spacial score (nSPS) is 30.3. The first-order chi connectivity index (χ1) is 15.5. The molecule has 0 radical (unpaired) electrons. The summed E-state index contributed by atoms with van der Waals surface area (Å²) >= 11 is 0. The molecule has 2 aromatic rings. The van der Waals surface area contributed by atoms with E-state index in [0.717, 1.165) is 12.8 Å². The van der Waals surface area contributed by atoms with Crippen molar-refractivity contribution in [1.29, 1.82) is 0 Å². The SMILES string of the molecule is C.CCNC(=O)[C@H]1O[C@@H](n2cnc3c(N)nc(C#C[C@]4(O)CCCC(C)(C)C4)nc32)[C@@H](O)C1O. The summed E-state index contributed by atoms with van der Waals surface area (Å²) in [5, 5.41) is 34.4. The number of anilines is 1. The van der Waals surface area contributed by atoms with E-state index in [4.69, 9.17) is 10.5 Å². The van der Waals surface area contributed by atoms with Gasteiger partial charge in [0.15, 0.2) is 23.8 Å². The first kappa shape index (κ1) is 25.8. The number of carbonyl (C=O) groups is 1. The van der Waals surface area contributed by atoms with Crippen LogP contribution in [0.4, 0.5) is 5.82 Å². The van der Waals surface area contributed by atoms with Crippen LogP contribution in [-0.4, -0.2) is 71.2 Å². The lowest BCUT2D eigenvalue weighted by Gasteiger charge is -2.38. The number of nitrogens with zero attached hydrogens (tertiary/aromatic N) is 4. The number of likely N-dealkylation sites (N-methyl/N-ethyl adjacent to an activating group) is 1. The van der Waals surface area contributed by atoms with E-state index in [1.807, 2.05) is 0 Å². The van der Waals surface area contributed by atoms with Gasteiger partial charge in [-0.1, -0.05) is 27.2 Å². The van der Waals surface area contributed by atoms with Crippen LogP contribution in [0.3, 0.4) is 0 Å². The van der Waals surface area contributed by atoms with Crippen LogP contribution in [0, 0.1) is 17.3 Å². The molecule has 1 amide bonds. The summed E-state index contributed by atoms with van der Waals surface area (Å²) < 4.78 is 7.05. The summed E-state index contributed by atoms with van der Waals surface area (Å²) in [6, 6.07) is 0. The summed E-state index contributed by atoms with van der Waals surface area (Å²) in [7, 11) is 0. The van der Waals surface area contributed by atoms with Crippen molar-refractivity contribution in [3.05, 3.63) is 12.2 Å². The minimum absolute atomic E-state index is 0. The topological polar surface area (TPSA) is 169 Å². The van der Waals surface area contributed by atoms with Gasteiger partial charge in [0.05, 0.1) is 6.33 Å². The van der Waals surface area contributed by atoms with Crippen LogP contribution in [0.1, 0.15) is 65.9 Å². The fourth-order valence-electron chi connectivity index (χ4n) is 4.67. The summed E-state index contributed by atoms with van der Waals surface area (Å²) in [5.74, 6) is 5.39. The maximum Gasteiger partial charge on any atom is 0.252 e. The van der Waals surface area contributed by atoms with Crippen LogP contribution in [0.2, 0.25) is 0 Å². The molecule has 0 bridgehead atoms. The number of fused-ring (bicyclic) bond motifs is 1. The quantitative estimate of drug-likeness (QED) is 0.397. The van der Waals surface area contributed by atoms with E-state index in [0.29, 0.717) is 19.4 Å². The lowest BCUT2D eigenvalue weighted by molar-refractivity contribution is -0.137. The van der Waals surface area contributed by atoms with Gasteiger partial charge in [0.25, 0.3) is 5.91 Å². The number of aliphatic hydroxyl groups excluding tert-OH is 2. The zero-order chi connectivity index (χ0) is 24.0. The molecule has 3 heterocycles. The van der Waals surface area contributed by atoms with Gasteiger partial charge in [0.2, 0.25) is 5.82 Å². The lowest BCUT2D eigenvalue weighted by Crippen LogP contribution is -2.42. The van der Waals surface area contributed by atoms with Crippen molar-refractivity contribution in [3.63, 3.8) is 0 Å². The molecule has 1 saturated heterocycles. The molecule has 1 unspecified atom stereocenters. The molecule has 1 saturated carbocycles. The molecule has 186 valence electrons. The van der Waals surface area contributed by atoms with Crippen LogP contribution in [0.15, 0.2) is 6.33 Å². The van der Waals surface area contributed by atoms with Gasteiger partial charge >= 0.3 is 0 Å². The maximum absolute atomic E-state index is 12.2.